The quantitative estimate of drug-likeness (QED) is 0.825. The third-order valence-corrected chi connectivity index (χ3v) is 6.24. The molecule has 2 aliphatic heterocycles. The Kier molecular flexibility index (Phi) is 5.15. The lowest BCUT2D eigenvalue weighted by molar-refractivity contribution is -0.135. The van der Waals surface area contributed by atoms with Gasteiger partial charge in [-0.1, -0.05) is 23.5 Å². The maximum absolute atomic E-state index is 13.0. The van der Waals surface area contributed by atoms with Crippen LogP contribution < -0.4 is 4.90 Å². The number of rotatable bonds is 4. The van der Waals surface area contributed by atoms with Crippen molar-refractivity contribution < 1.29 is 9.18 Å². The number of likely N-dealkylation sites (tertiary alicyclic amines) is 1. The van der Waals surface area contributed by atoms with Crippen molar-refractivity contribution in [3.63, 3.8) is 0 Å². The Balaban J connectivity index is 1.32. The van der Waals surface area contributed by atoms with Crippen LogP contribution in [0.25, 0.3) is 0 Å². The molecule has 0 N–H and O–H groups in total. The predicted octanol–water partition coefficient (Wildman–Crippen LogP) is 3.11. The topological polar surface area (TPSA) is 49.3 Å². The highest BCUT2D eigenvalue weighted by Crippen LogP contribution is 2.28. The summed E-state index contributed by atoms with van der Waals surface area (Å²) in [6, 6.07) is 6.51. The van der Waals surface area contributed by atoms with Crippen LogP contribution in [0.15, 0.2) is 24.3 Å². The fourth-order valence-electron chi connectivity index (χ4n) is 3.73. The summed E-state index contributed by atoms with van der Waals surface area (Å²) in [5, 5.41) is 10.5. The van der Waals surface area contributed by atoms with Crippen LogP contribution in [-0.4, -0.2) is 47.2 Å². The zero-order valence-corrected chi connectivity index (χ0v) is 15.6. The van der Waals surface area contributed by atoms with Gasteiger partial charge < -0.3 is 9.80 Å². The van der Waals surface area contributed by atoms with Crippen molar-refractivity contribution in [1.82, 2.24) is 15.1 Å². The van der Waals surface area contributed by atoms with E-state index in [1.54, 1.807) is 23.5 Å². The lowest BCUT2D eigenvalue weighted by atomic mass is 9.95. The third kappa shape index (κ3) is 3.87. The summed E-state index contributed by atoms with van der Waals surface area (Å²) in [6.07, 6.45) is 4.74. The molecule has 4 rings (SSSR count). The molecule has 26 heavy (non-hydrogen) atoms. The number of halogens is 1. The SMILES string of the molecule is O=C(C1CCN(c2nnc(Cc3ccc(F)cc3)s2)CC1)N1CCCC1. The normalized spacial score (nSPS) is 18.5. The Hall–Kier alpha value is -2.02. The Morgan fingerprint density at radius 1 is 1.08 bits per heavy atom. The van der Waals surface area contributed by atoms with E-state index >= 15 is 0 Å². The minimum absolute atomic E-state index is 0.163. The fourth-order valence-corrected chi connectivity index (χ4v) is 4.66. The molecule has 3 heterocycles. The lowest BCUT2D eigenvalue weighted by Gasteiger charge is -2.32. The number of nitrogens with zero attached hydrogens (tertiary/aromatic N) is 4. The molecule has 7 heteroatoms. The minimum Gasteiger partial charge on any atom is -0.347 e. The summed E-state index contributed by atoms with van der Waals surface area (Å²) >= 11 is 1.59. The van der Waals surface area contributed by atoms with E-state index in [9.17, 15) is 9.18 Å². The molecule has 0 radical (unpaired) electrons. The van der Waals surface area contributed by atoms with Gasteiger partial charge in [-0.3, -0.25) is 4.79 Å². The lowest BCUT2D eigenvalue weighted by Crippen LogP contribution is -2.41. The molecule has 2 saturated heterocycles. The van der Waals surface area contributed by atoms with Crippen LogP contribution in [0.4, 0.5) is 9.52 Å². The van der Waals surface area contributed by atoms with Crippen molar-refractivity contribution in [1.29, 1.82) is 0 Å². The molecular formula is C19H23FN4OS. The molecule has 2 aliphatic rings. The highest BCUT2D eigenvalue weighted by molar-refractivity contribution is 7.15. The van der Waals surface area contributed by atoms with Gasteiger partial charge in [0.15, 0.2) is 0 Å². The van der Waals surface area contributed by atoms with E-state index < -0.39 is 0 Å². The van der Waals surface area contributed by atoms with E-state index in [4.69, 9.17) is 0 Å². The first-order valence-electron chi connectivity index (χ1n) is 9.29. The largest absolute Gasteiger partial charge is 0.347 e. The molecule has 2 aromatic rings. The number of hydrogen-bond acceptors (Lipinski definition) is 5. The number of benzene rings is 1. The summed E-state index contributed by atoms with van der Waals surface area (Å²) in [5.74, 6) is 0.283. The second kappa shape index (κ2) is 7.70. The second-order valence-electron chi connectivity index (χ2n) is 7.08. The van der Waals surface area contributed by atoms with Crippen LogP contribution in [0.2, 0.25) is 0 Å². The Morgan fingerprint density at radius 3 is 2.46 bits per heavy atom. The van der Waals surface area contributed by atoms with Crippen molar-refractivity contribution in [2.24, 2.45) is 5.92 Å². The highest BCUT2D eigenvalue weighted by Gasteiger charge is 2.30. The standard InChI is InChI=1S/C19H23FN4OS/c20-16-5-3-14(4-6-16)13-17-21-22-19(26-17)24-11-7-15(8-12-24)18(25)23-9-1-2-10-23/h3-6,15H,1-2,7-13H2. The van der Waals surface area contributed by atoms with Crippen LogP contribution in [0, 0.1) is 11.7 Å². The van der Waals surface area contributed by atoms with Gasteiger partial charge in [-0.2, -0.15) is 0 Å². The van der Waals surface area contributed by atoms with Crippen LogP contribution >= 0.6 is 11.3 Å². The number of aromatic nitrogens is 2. The number of amides is 1. The molecule has 0 saturated carbocycles. The molecule has 5 nitrogen and oxygen atoms in total. The van der Waals surface area contributed by atoms with Gasteiger partial charge in [-0.05, 0) is 43.4 Å². The number of hydrogen-bond donors (Lipinski definition) is 0. The molecule has 1 aromatic carbocycles. The van der Waals surface area contributed by atoms with Gasteiger partial charge in [0.25, 0.3) is 0 Å². The van der Waals surface area contributed by atoms with Crippen molar-refractivity contribution in [3.05, 3.63) is 40.7 Å². The van der Waals surface area contributed by atoms with Gasteiger partial charge in [0.05, 0.1) is 0 Å². The first kappa shape index (κ1) is 17.4. The first-order valence-corrected chi connectivity index (χ1v) is 10.1. The second-order valence-corrected chi connectivity index (χ2v) is 8.12. The average molecular weight is 374 g/mol. The molecule has 1 aromatic heterocycles. The summed E-state index contributed by atoms with van der Waals surface area (Å²) < 4.78 is 13.0. The van der Waals surface area contributed by atoms with Crippen molar-refractivity contribution >= 4 is 22.4 Å². The molecular weight excluding hydrogens is 351 g/mol. The summed E-state index contributed by atoms with van der Waals surface area (Å²) in [4.78, 5) is 16.8. The molecule has 1 amide bonds. The number of piperidine rings is 1. The number of anilines is 1. The van der Waals surface area contributed by atoms with E-state index in [-0.39, 0.29) is 11.7 Å². The zero-order chi connectivity index (χ0) is 17.9. The fraction of sp³-hybridized carbons (Fsp3) is 0.526. The van der Waals surface area contributed by atoms with E-state index in [0.717, 1.165) is 67.6 Å². The first-order chi connectivity index (χ1) is 12.7. The molecule has 2 fully saturated rings. The Morgan fingerprint density at radius 2 is 1.77 bits per heavy atom. The molecule has 0 atom stereocenters. The van der Waals surface area contributed by atoms with Crippen LogP contribution in [-0.2, 0) is 11.2 Å². The van der Waals surface area contributed by atoms with E-state index in [1.807, 2.05) is 4.90 Å². The van der Waals surface area contributed by atoms with Crippen molar-refractivity contribution in [3.8, 4) is 0 Å². The summed E-state index contributed by atoms with van der Waals surface area (Å²) in [7, 11) is 0. The maximum Gasteiger partial charge on any atom is 0.225 e. The number of carbonyl (C=O) groups excluding carboxylic acids is 1. The highest BCUT2D eigenvalue weighted by atomic mass is 32.1. The van der Waals surface area contributed by atoms with Gasteiger partial charge in [-0.15, -0.1) is 10.2 Å². The van der Waals surface area contributed by atoms with Crippen molar-refractivity contribution in [2.75, 3.05) is 31.1 Å². The van der Waals surface area contributed by atoms with Crippen molar-refractivity contribution in [2.45, 2.75) is 32.1 Å². The van der Waals surface area contributed by atoms with Gasteiger partial charge >= 0.3 is 0 Å². The summed E-state index contributed by atoms with van der Waals surface area (Å²) in [6.45, 7) is 3.58. The van der Waals surface area contributed by atoms with Gasteiger partial charge in [-0.25, -0.2) is 4.39 Å². The van der Waals surface area contributed by atoms with Gasteiger partial charge in [0, 0.05) is 38.5 Å². The van der Waals surface area contributed by atoms with Gasteiger partial charge in [0.1, 0.15) is 10.8 Å². The van der Waals surface area contributed by atoms with Crippen LogP contribution in [0.1, 0.15) is 36.3 Å². The minimum atomic E-state index is -0.224. The smallest absolute Gasteiger partial charge is 0.225 e. The van der Waals surface area contributed by atoms with Crippen LogP contribution in [0.3, 0.4) is 0 Å². The molecule has 138 valence electrons. The monoisotopic (exact) mass is 374 g/mol. The molecule has 0 bridgehead atoms. The molecule has 0 aliphatic carbocycles. The summed E-state index contributed by atoms with van der Waals surface area (Å²) in [5.41, 5.74) is 1.03. The van der Waals surface area contributed by atoms with E-state index in [1.165, 1.54) is 12.1 Å². The van der Waals surface area contributed by atoms with E-state index in [2.05, 4.69) is 15.1 Å². The van der Waals surface area contributed by atoms with Crippen LogP contribution in [0.5, 0.6) is 0 Å². The zero-order valence-electron chi connectivity index (χ0n) is 14.7. The Bertz CT molecular complexity index is 749. The maximum atomic E-state index is 13.0. The van der Waals surface area contributed by atoms with Gasteiger partial charge in [0.2, 0.25) is 11.0 Å². The molecule has 0 unspecified atom stereocenters. The number of carbonyl (C=O) groups is 1. The predicted molar refractivity (Wildman–Crippen MR) is 99.9 cm³/mol. The average Bonchev–Trinajstić information content (AvgIpc) is 3.35. The van der Waals surface area contributed by atoms with E-state index in [0.29, 0.717) is 12.3 Å². The molecule has 0 spiro atoms. The third-order valence-electron chi connectivity index (χ3n) is 5.26. The Labute approximate surface area is 156 Å².